The molecule has 0 aliphatic carbocycles. The van der Waals surface area contributed by atoms with E-state index < -0.39 is 0 Å². The van der Waals surface area contributed by atoms with E-state index in [1.807, 2.05) is 19.1 Å². The predicted molar refractivity (Wildman–Crippen MR) is 56.7 cm³/mol. The number of nitrogen functional groups attached to an aromatic ring is 1. The molecule has 2 N–H and O–H groups in total. The fraction of sp³-hybridized carbons (Fsp3) is 0.125. The molecule has 0 radical (unpaired) electrons. The first-order valence-corrected chi connectivity index (χ1v) is 5.26. The summed E-state index contributed by atoms with van der Waals surface area (Å²) in [7, 11) is 0. The highest BCUT2D eigenvalue weighted by molar-refractivity contribution is 9.11. The third kappa shape index (κ3) is 1.62. The van der Waals surface area contributed by atoms with Crippen LogP contribution in [0, 0.1) is 6.92 Å². The Morgan fingerprint density at radius 2 is 2.31 bits per heavy atom. The Morgan fingerprint density at radius 3 is 2.77 bits per heavy atom. The smallest absolute Gasteiger partial charge is 0.181 e. The molecule has 0 unspecified atom stereocenters. The fourth-order valence-corrected chi connectivity index (χ4v) is 2.38. The summed E-state index contributed by atoms with van der Waals surface area (Å²) in [5.74, 6) is 1.62. The van der Waals surface area contributed by atoms with Crippen molar-refractivity contribution >= 4 is 32.4 Å². The maximum absolute atomic E-state index is 5.56. The zero-order valence-corrected chi connectivity index (χ0v) is 9.28. The van der Waals surface area contributed by atoms with Crippen molar-refractivity contribution in [3.05, 3.63) is 21.7 Å². The Kier molecular flexibility index (Phi) is 2.13. The molecule has 2 aromatic heterocycles. The molecular weight excluding hydrogens is 252 g/mol. The standard InChI is InChI=1S/C8H7BrN2OS/c1-4-2-3-5(12-4)6-7(9)13-8(10)11-6/h2-3H,1H3,(H2,10,11). The third-order valence-electron chi connectivity index (χ3n) is 1.58. The average Bonchev–Trinajstić information content (AvgIpc) is 2.58. The second-order valence-corrected chi connectivity index (χ2v) is 4.93. The molecule has 13 heavy (non-hydrogen) atoms. The molecule has 2 rings (SSSR count). The lowest BCUT2D eigenvalue weighted by atomic mass is 10.4. The quantitative estimate of drug-likeness (QED) is 0.856. The van der Waals surface area contributed by atoms with Crippen LogP contribution in [0.2, 0.25) is 0 Å². The van der Waals surface area contributed by atoms with Gasteiger partial charge in [0.2, 0.25) is 0 Å². The molecule has 0 aliphatic rings. The molecule has 0 fully saturated rings. The highest BCUT2D eigenvalue weighted by Crippen LogP contribution is 2.34. The van der Waals surface area contributed by atoms with Crippen molar-refractivity contribution in [2.75, 3.05) is 5.73 Å². The first kappa shape index (κ1) is 8.77. The van der Waals surface area contributed by atoms with Crippen LogP contribution < -0.4 is 5.73 Å². The Labute approximate surface area is 87.7 Å². The maximum Gasteiger partial charge on any atom is 0.181 e. The lowest BCUT2D eigenvalue weighted by molar-refractivity contribution is 0.546. The first-order chi connectivity index (χ1) is 6.16. The molecule has 0 amide bonds. The van der Waals surface area contributed by atoms with Gasteiger partial charge in [-0.15, -0.1) is 0 Å². The molecular formula is C8H7BrN2OS. The van der Waals surface area contributed by atoms with Crippen molar-refractivity contribution in [1.29, 1.82) is 0 Å². The highest BCUT2D eigenvalue weighted by atomic mass is 79.9. The number of nitrogens with two attached hydrogens (primary N) is 1. The lowest BCUT2D eigenvalue weighted by Gasteiger charge is -1.89. The molecule has 2 aromatic rings. The Balaban J connectivity index is 2.51. The van der Waals surface area contributed by atoms with E-state index in [4.69, 9.17) is 10.2 Å². The number of hydrogen-bond donors (Lipinski definition) is 1. The van der Waals surface area contributed by atoms with Gasteiger partial charge in [-0.25, -0.2) is 4.98 Å². The van der Waals surface area contributed by atoms with Crippen LogP contribution in [0.1, 0.15) is 5.76 Å². The van der Waals surface area contributed by atoms with E-state index >= 15 is 0 Å². The minimum atomic E-state index is 0.538. The number of aryl methyl sites for hydroxylation is 1. The molecule has 0 aliphatic heterocycles. The number of aromatic nitrogens is 1. The normalized spacial score (nSPS) is 10.6. The van der Waals surface area contributed by atoms with Gasteiger partial charge >= 0.3 is 0 Å². The van der Waals surface area contributed by atoms with Crippen molar-refractivity contribution in [1.82, 2.24) is 4.98 Å². The van der Waals surface area contributed by atoms with E-state index in [1.165, 1.54) is 11.3 Å². The highest BCUT2D eigenvalue weighted by Gasteiger charge is 2.12. The van der Waals surface area contributed by atoms with Gasteiger partial charge in [0.25, 0.3) is 0 Å². The number of halogens is 1. The number of rotatable bonds is 1. The van der Waals surface area contributed by atoms with E-state index in [0.717, 1.165) is 21.0 Å². The van der Waals surface area contributed by atoms with Gasteiger partial charge in [-0.1, -0.05) is 11.3 Å². The summed E-state index contributed by atoms with van der Waals surface area (Å²) in [5, 5.41) is 0.538. The van der Waals surface area contributed by atoms with Crippen molar-refractivity contribution in [2.24, 2.45) is 0 Å². The summed E-state index contributed by atoms with van der Waals surface area (Å²) in [6.45, 7) is 1.90. The van der Waals surface area contributed by atoms with Gasteiger partial charge in [0.1, 0.15) is 15.2 Å². The molecule has 68 valence electrons. The van der Waals surface area contributed by atoms with Crippen LogP contribution in [0.5, 0.6) is 0 Å². The van der Waals surface area contributed by atoms with Crippen molar-refractivity contribution in [3.63, 3.8) is 0 Å². The van der Waals surface area contributed by atoms with Crippen LogP contribution in [0.15, 0.2) is 20.3 Å². The van der Waals surface area contributed by atoms with Crippen LogP contribution in [0.4, 0.5) is 5.13 Å². The summed E-state index contributed by atoms with van der Waals surface area (Å²) in [4.78, 5) is 4.15. The van der Waals surface area contributed by atoms with Crippen molar-refractivity contribution < 1.29 is 4.42 Å². The Bertz CT molecular complexity index is 435. The van der Waals surface area contributed by atoms with Crippen molar-refractivity contribution in [2.45, 2.75) is 6.92 Å². The molecule has 2 heterocycles. The molecule has 0 bridgehead atoms. The monoisotopic (exact) mass is 258 g/mol. The van der Waals surface area contributed by atoms with Crippen molar-refractivity contribution in [3.8, 4) is 11.5 Å². The van der Waals surface area contributed by atoms with Crippen LogP contribution >= 0.6 is 27.3 Å². The number of thiazole rings is 1. The fourth-order valence-electron chi connectivity index (χ4n) is 1.03. The first-order valence-electron chi connectivity index (χ1n) is 3.65. The average molecular weight is 259 g/mol. The van der Waals surface area contributed by atoms with Gasteiger partial charge in [0, 0.05) is 0 Å². The Hall–Kier alpha value is -0.810. The second kappa shape index (κ2) is 3.16. The maximum atomic E-state index is 5.56. The summed E-state index contributed by atoms with van der Waals surface area (Å²) in [5.41, 5.74) is 6.33. The van der Waals surface area contributed by atoms with Gasteiger partial charge in [-0.05, 0) is 35.0 Å². The summed E-state index contributed by atoms with van der Waals surface area (Å²) in [6, 6.07) is 3.78. The van der Waals surface area contributed by atoms with E-state index in [0.29, 0.717) is 5.13 Å². The molecule has 3 nitrogen and oxygen atoms in total. The van der Waals surface area contributed by atoms with Gasteiger partial charge in [-0.2, -0.15) is 0 Å². The molecule has 0 saturated carbocycles. The van der Waals surface area contributed by atoms with Crippen LogP contribution in [0.3, 0.4) is 0 Å². The number of anilines is 1. The van der Waals surface area contributed by atoms with E-state index in [-0.39, 0.29) is 0 Å². The van der Waals surface area contributed by atoms with Crippen LogP contribution in [-0.2, 0) is 0 Å². The second-order valence-electron chi connectivity index (χ2n) is 2.58. The van der Waals surface area contributed by atoms with Crippen LogP contribution in [-0.4, -0.2) is 4.98 Å². The minimum absolute atomic E-state index is 0.538. The predicted octanol–water partition coefficient (Wildman–Crippen LogP) is 3.06. The van der Waals surface area contributed by atoms with Gasteiger partial charge in [0.15, 0.2) is 10.9 Å². The summed E-state index contributed by atoms with van der Waals surface area (Å²) >= 11 is 4.78. The van der Waals surface area contributed by atoms with Gasteiger partial charge < -0.3 is 10.2 Å². The zero-order valence-electron chi connectivity index (χ0n) is 6.87. The summed E-state index contributed by atoms with van der Waals surface area (Å²) < 4.78 is 6.32. The number of hydrogen-bond acceptors (Lipinski definition) is 4. The molecule has 0 atom stereocenters. The molecule has 0 saturated heterocycles. The third-order valence-corrected chi connectivity index (χ3v) is 3.11. The van der Waals surface area contributed by atoms with Gasteiger partial charge in [-0.3, -0.25) is 0 Å². The minimum Gasteiger partial charge on any atom is -0.460 e. The summed E-state index contributed by atoms with van der Waals surface area (Å²) in [6.07, 6.45) is 0. The van der Waals surface area contributed by atoms with E-state index in [1.54, 1.807) is 0 Å². The van der Waals surface area contributed by atoms with E-state index in [2.05, 4.69) is 20.9 Å². The molecule has 5 heteroatoms. The van der Waals surface area contributed by atoms with Gasteiger partial charge in [0.05, 0.1) is 0 Å². The Morgan fingerprint density at radius 1 is 1.54 bits per heavy atom. The molecule has 0 spiro atoms. The molecule has 0 aromatic carbocycles. The number of nitrogens with zero attached hydrogens (tertiary/aromatic N) is 1. The lowest BCUT2D eigenvalue weighted by Crippen LogP contribution is -1.81. The topological polar surface area (TPSA) is 52.0 Å². The largest absolute Gasteiger partial charge is 0.460 e. The number of furan rings is 1. The van der Waals surface area contributed by atoms with Crippen LogP contribution in [0.25, 0.3) is 11.5 Å². The zero-order chi connectivity index (χ0) is 9.42. The SMILES string of the molecule is Cc1ccc(-c2nc(N)sc2Br)o1. The van der Waals surface area contributed by atoms with E-state index in [9.17, 15) is 0 Å².